The van der Waals surface area contributed by atoms with Crippen LogP contribution in [0.2, 0.25) is 0 Å². The number of halogens is 3. The summed E-state index contributed by atoms with van der Waals surface area (Å²) in [6, 6.07) is 0. The summed E-state index contributed by atoms with van der Waals surface area (Å²) in [7, 11) is 0. The molecule has 0 saturated carbocycles. The molecule has 0 bridgehead atoms. The Balaban J connectivity index is 3.88. The number of ether oxygens (including phenoxy) is 2. The largest absolute Gasteiger partial charge is 0.490 e. The summed E-state index contributed by atoms with van der Waals surface area (Å²) in [5, 5.41) is 0. The van der Waals surface area contributed by atoms with E-state index < -0.39 is 30.1 Å². The van der Waals surface area contributed by atoms with Crippen LogP contribution in [-0.2, 0) is 19.1 Å². The van der Waals surface area contributed by atoms with Gasteiger partial charge in [0.1, 0.15) is 13.2 Å². The van der Waals surface area contributed by atoms with Crippen molar-refractivity contribution in [1.82, 2.24) is 0 Å². The number of hydrogen-bond donors (Lipinski definition) is 0. The highest BCUT2D eigenvalue weighted by Gasteiger charge is 2.40. The lowest BCUT2D eigenvalue weighted by Crippen LogP contribution is -2.29. The molecule has 0 amide bonds. The Morgan fingerprint density at radius 2 is 1.41 bits per heavy atom. The first-order valence-corrected chi connectivity index (χ1v) is 5.02. The molecule has 4 nitrogen and oxygen atoms in total. The molecular formula is C10H15F3O4. The molecule has 0 rings (SSSR count). The molecule has 0 fully saturated rings. The summed E-state index contributed by atoms with van der Waals surface area (Å²) in [4.78, 5) is 21.6. The number of esters is 2. The first-order chi connectivity index (χ1) is 7.61. The van der Waals surface area contributed by atoms with Crippen LogP contribution in [-0.4, -0.2) is 31.3 Å². The van der Waals surface area contributed by atoms with Crippen LogP contribution in [0.5, 0.6) is 0 Å². The van der Waals surface area contributed by atoms with E-state index in [4.69, 9.17) is 0 Å². The number of alkyl halides is 3. The number of hydrogen-bond acceptors (Lipinski definition) is 4. The van der Waals surface area contributed by atoms with Gasteiger partial charge in [-0.25, -0.2) is 4.79 Å². The van der Waals surface area contributed by atoms with Gasteiger partial charge in [0.15, 0.2) is 0 Å². The lowest BCUT2D eigenvalue weighted by molar-refractivity contribution is -0.201. The van der Waals surface area contributed by atoms with E-state index in [9.17, 15) is 22.8 Å². The molecule has 0 aromatic carbocycles. The summed E-state index contributed by atoms with van der Waals surface area (Å²) in [6.45, 7) is 4.09. The van der Waals surface area contributed by atoms with Crippen LogP contribution in [0.4, 0.5) is 13.2 Å². The Bertz CT molecular complexity index is 284. The van der Waals surface area contributed by atoms with Gasteiger partial charge < -0.3 is 9.47 Å². The van der Waals surface area contributed by atoms with Crippen LogP contribution >= 0.6 is 0 Å². The van der Waals surface area contributed by atoms with Gasteiger partial charge in [0.25, 0.3) is 0 Å². The molecule has 0 atom stereocenters. The molecule has 0 aromatic heterocycles. The minimum atomic E-state index is -5.02. The van der Waals surface area contributed by atoms with Crippen molar-refractivity contribution in [3.63, 3.8) is 0 Å². The van der Waals surface area contributed by atoms with Crippen molar-refractivity contribution in [2.24, 2.45) is 5.41 Å². The van der Waals surface area contributed by atoms with Crippen molar-refractivity contribution < 1.29 is 32.2 Å². The SMILES string of the molecule is CCC(C)(C)C(=O)OCCOC(=O)C(F)(F)F. The van der Waals surface area contributed by atoms with Gasteiger partial charge in [0, 0.05) is 0 Å². The Labute approximate surface area is 97.1 Å². The minimum absolute atomic E-state index is 0.385. The Kier molecular flexibility index (Phi) is 5.44. The predicted molar refractivity (Wildman–Crippen MR) is 52.0 cm³/mol. The average Bonchev–Trinajstić information content (AvgIpc) is 2.22. The molecule has 0 heterocycles. The fourth-order valence-electron chi connectivity index (χ4n) is 0.690. The fourth-order valence-corrected chi connectivity index (χ4v) is 0.690. The zero-order valence-corrected chi connectivity index (χ0v) is 9.89. The van der Waals surface area contributed by atoms with Gasteiger partial charge in [-0.15, -0.1) is 0 Å². The van der Waals surface area contributed by atoms with Gasteiger partial charge in [-0.2, -0.15) is 13.2 Å². The number of carbonyl (C=O) groups excluding carboxylic acids is 2. The van der Waals surface area contributed by atoms with Crippen LogP contribution in [0, 0.1) is 5.41 Å². The topological polar surface area (TPSA) is 52.6 Å². The van der Waals surface area contributed by atoms with Gasteiger partial charge in [-0.3, -0.25) is 4.79 Å². The van der Waals surface area contributed by atoms with E-state index in [1.165, 1.54) is 0 Å². The van der Waals surface area contributed by atoms with E-state index in [1.807, 2.05) is 0 Å². The van der Waals surface area contributed by atoms with Gasteiger partial charge >= 0.3 is 18.1 Å². The lowest BCUT2D eigenvalue weighted by Gasteiger charge is -2.20. The second kappa shape index (κ2) is 5.88. The van der Waals surface area contributed by atoms with Crippen LogP contribution in [0.1, 0.15) is 27.2 Å². The molecule has 0 aliphatic rings. The number of rotatable bonds is 5. The monoisotopic (exact) mass is 256 g/mol. The van der Waals surface area contributed by atoms with Crippen molar-refractivity contribution >= 4 is 11.9 Å². The molecule has 0 aliphatic carbocycles. The summed E-state index contributed by atoms with van der Waals surface area (Å²) in [5.41, 5.74) is -0.700. The van der Waals surface area contributed by atoms with E-state index in [0.717, 1.165) is 0 Å². The van der Waals surface area contributed by atoms with Crippen LogP contribution in [0.15, 0.2) is 0 Å². The summed E-state index contributed by atoms with van der Waals surface area (Å²) in [5.74, 6) is -2.83. The third kappa shape index (κ3) is 5.55. The van der Waals surface area contributed by atoms with Crippen LogP contribution < -0.4 is 0 Å². The smallest absolute Gasteiger partial charge is 0.462 e. The second-order valence-electron chi connectivity index (χ2n) is 4.01. The third-order valence-electron chi connectivity index (χ3n) is 2.22. The lowest BCUT2D eigenvalue weighted by atomic mass is 9.91. The second-order valence-corrected chi connectivity index (χ2v) is 4.01. The van der Waals surface area contributed by atoms with Crippen molar-refractivity contribution in [2.75, 3.05) is 13.2 Å². The van der Waals surface area contributed by atoms with Gasteiger partial charge in [0.2, 0.25) is 0 Å². The highest BCUT2D eigenvalue weighted by atomic mass is 19.4. The van der Waals surface area contributed by atoms with Crippen molar-refractivity contribution in [3.8, 4) is 0 Å². The first-order valence-electron chi connectivity index (χ1n) is 5.02. The third-order valence-corrected chi connectivity index (χ3v) is 2.22. The Morgan fingerprint density at radius 3 is 1.76 bits per heavy atom. The highest BCUT2D eigenvalue weighted by Crippen LogP contribution is 2.21. The van der Waals surface area contributed by atoms with E-state index in [0.29, 0.717) is 6.42 Å². The van der Waals surface area contributed by atoms with E-state index >= 15 is 0 Å². The molecule has 0 saturated heterocycles. The maximum atomic E-state index is 11.7. The van der Waals surface area contributed by atoms with Crippen molar-refractivity contribution in [1.29, 1.82) is 0 Å². The normalized spacial score (nSPS) is 12.1. The standard InChI is InChI=1S/C10H15F3O4/c1-4-9(2,3)7(14)16-5-6-17-8(15)10(11,12)13/h4-6H2,1-3H3. The van der Waals surface area contributed by atoms with Gasteiger partial charge in [0.05, 0.1) is 5.41 Å². The van der Waals surface area contributed by atoms with E-state index in [1.54, 1.807) is 20.8 Å². The molecule has 0 aliphatic heterocycles. The molecule has 0 spiro atoms. The summed E-state index contributed by atoms with van der Waals surface area (Å²) < 4.78 is 43.6. The van der Waals surface area contributed by atoms with E-state index in [2.05, 4.69) is 9.47 Å². The Morgan fingerprint density at radius 1 is 1.00 bits per heavy atom. The predicted octanol–water partition coefficient (Wildman–Crippen LogP) is 2.07. The zero-order chi connectivity index (χ0) is 13.7. The Hall–Kier alpha value is -1.27. The van der Waals surface area contributed by atoms with E-state index in [-0.39, 0.29) is 6.61 Å². The molecule has 17 heavy (non-hydrogen) atoms. The first kappa shape index (κ1) is 15.7. The molecule has 0 aromatic rings. The van der Waals surface area contributed by atoms with Gasteiger partial charge in [-0.05, 0) is 20.3 Å². The molecular weight excluding hydrogens is 241 g/mol. The fraction of sp³-hybridized carbons (Fsp3) is 0.800. The average molecular weight is 256 g/mol. The summed E-state index contributed by atoms with van der Waals surface area (Å²) in [6.07, 6.45) is -4.49. The molecule has 0 N–H and O–H groups in total. The number of carbonyl (C=O) groups is 2. The van der Waals surface area contributed by atoms with Crippen LogP contribution in [0.25, 0.3) is 0 Å². The van der Waals surface area contributed by atoms with Gasteiger partial charge in [-0.1, -0.05) is 6.92 Å². The summed E-state index contributed by atoms with van der Waals surface area (Å²) >= 11 is 0. The van der Waals surface area contributed by atoms with Crippen molar-refractivity contribution in [2.45, 2.75) is 33.4 Å². The zero-order valence-electron chi connectivity index (χ0n) is 9.89. The molecule has 7 heteroatoms. The minimum Gasteiger partial charge on any atom is -0.462 e. The quantitative estimate of drug-likeness (QED) is 0.558. The highest BCUT2D eigenvalue weighted by molar-refractivity contribution is 5.76. The van der Waals surface area contributed by atoms with Crippen molar-refractivity contribution in [3.05, 3.63) is 0 Å². The van der Waals surface area contributed by atoms with Crippen LogP contribution in [0.3, 0.4) is 0 Å². The maximum Gasteiger partial charge on any atom is 0.490 e. The molecule has 0 unspecified atom stereocenters. The molecule has 0 radical (unpaired) electrons. The maximum absolute atomic E-state index is 11.7. The molecule has 100 valence electrons.